The maximum Gasteiger partial charge on any atom is 0.376 e. The van der Waals surface area contributed by atoms with Crippen molar-refractivity contribution in [2.24, 2.45) is 5.10 Å². The van der Waals surface area contributed by atoms with Gasteiger partial charge in [0.1, 0.15) is 0 Å². The number of likely N-dealkylation sites (tertiary alicyclic amines) is 1. The summed E-state index contributed by atoms with van der Waals surface area (Å²) in [5.41, 5.74) is 3.81. The average Bonchev–Trinajstić information content (AvgIpc) is 2.57. The number of carbonyl (C=O) groups excluding carboxylic acids is 1. The highest BCUT2D eigenvalue weighted by Gasteiger charge is 2.29. The van der Waals surface area contributed by atoms with Gasteiger partial charge in [-0.3, -0.25) is 5.43 Å². The minimum atomic E-state index is -0.363. The summed E-state index contributed by atoms with van der Waals surface area (Å²) in [6.07, 6.45) is 4.36. The van der Waals surface area contributed by atoms with Gasteiger partial charge in [-0.2, -0.15) is 0 Å². The molecule has 0 aliphatic carbocycles. The van der Waals surface area contributed by atoms with Crippen LogP contribution >= 0.6 is 15.9 Å². The second kappa shape index (κ2) is 8.91. The molecule has 0 aromatic heterocycles. The van der Waals surface area contributed by atoms with E-state index in [-0.39, 0.29) is 5.97 Å². The number of hydrogen-bond donors (Lipinski definition) is 1. The highest BCUT2D eigenvalue weighted by Crippen LogP contribution is 2.21. The number of carbonyl (C=O) groups is 1. The number of halogens is 1. The van der Waals surface area contributed by atoms with Crippen molar-refractivity contribution < 1.29 is 9.53 Å². The molecule has 1 atom stereocenters. The number of nitrogens with one attached hydrogen (secondary N) is 1. The molecule has 2 rings (SSSR count). The number of anilines is 1. The van der Waals surface area contributed by atoms with Gasteiger partial charge in [0.15, 0.2) is 0 Å². The maximum atomic E-state index is 12.3. The molecule has 0 spiro atoms. The van der Waals surface area contributed by atoms with Crippen LogP contribution in [0.4, 0.5) is 5.69 Å². The first-order valence-corrected chi connectivity index (χ1v) is 8.98. The van der Waals surface area contributed by atoms with Gasteiger partial charge < -0.3 is 9.64 Å². The number of amidine groups is 1. The molecule has 1 aliphatic heterocycles. The minimum Gasteiger partial charge on any atom is -0.460 e. The summed E-state index contributed by atoms with van der Waals surface area (Å²) >= 11 is 3.40. The Labute approximate surface area is 146 Å². The fourth-order valence-corrected chi connectivity index (χ4v) is 3.03. The first-order chi connectivity index (χ1) is 11.2. The summed E-state index contributed by atoms with van der Waals surface area (Å²) in [5, 5.41) is 4.37. The topological polar surface area (TPSA) is 53.9 Å². The van der Waals surface area contributed by atoms with E-state index in [1.807, 2.05) is 31.2 Å². The van der Waals surface area contributed by atoms with E-state index < -0.39 is 0 Å². The molecule has 6 heteroatoms. The zero-order valence-electron chi connectivity index (χ0n) is 13.7. The molecule has 1 aromatic rings. The molecule has 1 unspecified atom stereocenters. The smallest absolute Gasteiger partial charge is 0.376 e. The van der Waals surface area contributed by atoms with Crippen LogP contribution in [0.3, 0.4) is 0 Å². The Kier molecular flexibility index (Phi) is 6.89. The fraction of sp³-hybridized carbons (Fsp3) is 0.529. The summed E-state index contributed by atoms with van der Waals surface area (Å²) in [6, 6.07) is 8.02. The van der Waals surface area contributed by atoms with E-state index in [0.717, 1.165) is 36.0 Å². The van der Waals surface area contributed by atoms with Crippen molar-refractivity contribution in [3.05, 3.63) is 28.7 Å². The highest BCUT2D eigenvalue weighted by atomic mass is 79.9. The van der Waals surface area contributed by atoms with Gasteiger partial charge in [-0.15, -0.1) is 5.10 Å². The van der Waals surface area contributed by atoms with Crippen molar-refractivity contribution >= 4 is 33.4 Å². The Morgan fingerprint density at radius 3 is 2.74 bits per heavy atom. The molecule has 23 heavy (non-hydrogen) atoms. The molecule has 0 radical (unpaired) electrons. The van der Waals surface area contributed by atoms with Gasteiger partial charge >= 0.3 is 5.97 Å². The molecular formula is C17H24BrN3O2. The largest absolute Gasteiger partial charge is 0.460 e. The Balaban J connectivity index is 2.20. The van der Waals surface area contributed by atoms with Crippen LogP contribution in [0.5, 0.6) is 0 Å². The van der Waals surface area contributed by atoms with Crippen LogP contribution in [0.15, 0.2) is 33.8 Å². The van der Waals surface area contributed by atoms with Crippen molar-refractivity contribution in [2.45, 2.75) is 45.6 Å². The fourth-order valence-electron chi connectivity index (χ4n) is 2.77. The Morgan fingerprint density at radius 2 is 2.09 bits per heavy atom. The standard InChI is InChI=1S/C17H24BrN3O2/c1-3-15-7-5-6-12-21(15)16(17(22)23-4-2)20-19-14-10-8-13(18)9-11-14/h8-11,15,19H,3-7,12H2,1-2H3. The Bertz CT molecular complexity index is 545. The lowest BCUT2D eigenvalue weighted by atomic mass is 10.00. The Hall–Kier alpha value is -1.56. The quantitative estimate of drug-likeness (QED) is 0.370. The summed E-state index contributed by atoms with van der Waals surface area (Å²) < 4.78 is 6.20. The van der Waals surface area contributed by atoms with Crippen LogP contribution in [0.25, 0.3) is 0 Å². The van der Waals surface area contributed by atoms with E-state index in [1.54, 1.807) is 0 Å². The monoisotopic (exact) mass is 381 g/mol. The zero-order valence-corrected chi connectivity index (χ0v) is 15.3. The third-order valence-electron chi connectivity index (χ3n) is 3.96. The number of piperidine rings is 1. The number of nitrogens with zero attached hydrogens (tertiary/aromatic N) is 2. The molecule has 1 N–H and O–H groups in total. The lowest BCUT2D eigenvalue weighted by molar-refractivity contribution is -0.136. The molecular weight excluding hydrogens is 358 g/mol. The molecule has 1 fully saturated rings. The highest BCUT2D eigenvalue weighted by molar-refractivity contribution is 9.10. The molecule has 1 saturated heterocycles. The molecule has 1 aromatic carbocycles. The number of hydrogen-bond acceptors (Lipinski definition) is 4. The first-order valence-electron chi connectivity index (χ1n) is 8.18. The zero-order chi connectivity index (χ0) is 16.7. The van der Waals surface area contributed by atoms with Gasteiger partial charge in [-0.25, -0.2) is 4.79 Å². The summed E-state index contributed by atoms with van der Waals surface area (Å²) in [4.78, 5) is 14.4. The van der Waals surface area contributed by atoms with Gasteiger partial charge in [-0.05, 0) is 56.9 Å². The van der Waals surface area contributed by atoms with E-state index in [9.17, 15) is 4.79 Å². The van der Waals surface area contributed by atoms with Crippen LogP contribution in [-0.4, -0.2) is 35.9 Å². The van der Waals surface area contributed by atoms with Gasteiger partial charge in [0.2, 0.25) is 5.84 Å². The van der Waals surface area contributed by atoms with Crippen molar-refractivity contribution in [1.29, 1.82) is 0 Å². The van der Waals surface area contributed by atoms with Crippen LogP contribution in [0.2, 0.25) is 0 Å². The van der Waals surface area contributed by atoms with Crippen molar-refractivity contribution in [3.8, 4) is 0 Å². The molecule has 126 valence electrons. The number of esters is 1. The van der Waals surface area contributed by atoms with Crippen LogP contribution in [-0.2, 0) is 9.53 Å². The number of ether oxygens (including phenoxy) is 1. The second-order valence-electron chi connectivity index (χ2n) is 5.53. The molecule has 1 heterocycles. The SMILES string of the molecule is CCOC(=O)C(=NNc1ccc(Br)cc1)N1CCCCC1CC. The van der Waals surface area contributed by atoms with Gasteiger partial charge in [0.25, 0.3) is 0 Å². The van der Waals surface area contributed by atoms with Crippen LogP contribution < -0.4 is 5.43 Å². The van der Waals surface area contributed by atoms with Crippen LogP contribution in [0, 0.1) is 0 Å². The van der Waals surface area contributed by atoms with Gasteiger partial charge in [0, 0.05) is 17.1 Å². The van der Waals surface area contributed by atoms with Crippen molar-refractivity contribution in [1.82, 2.24) is 4.90 Å². The van der Waals surface area contributed by atoms with Crippen molar-refractivity contribution in [2.75, 3.05) is 18.6 Å². The summed E-state index contributed by atoms with van der Waals surface area (Å²) in [6.45, 7) is 5.15. The van der Waals surface area contributed by atoms with E-state index in [1.165, 1.54) is 6.42 Å². The minimum absolute atomic E-state index is 0.346. The van der Waals surface area contributed by atoms with Crippen molar-refractivity contribution in [3.63, 3.8) is 0 Å². The first kappa shape index (κ1) is 17.8. The van der Waals surface area contributed by atoms with E-state index in [2.05, 4.69) is 38.3 Å². The molecule has 0 saturated carbocycles. The lowest BCUT2D eigenvalue weighted by Crippen LogP contribution is -2.47. The lowest BCUT2D eigenvalue weighted by Gasteiger charge is -2.36. The van der Waals surface area contributed by atoms with Crippen LogP contribution in [0.1, 0.15) is 39.5 Å². The molecule has 0 amide bonds. The summed E-state index contributed by atoms with van der Waals surface area (Å²) in [7, 11) is 0. The summed E-state index contributed by atoms with van der Waals surface area (Å²) in [5.74, 6) is 0.0128. The van der Waals surface area contributed by atoms with E-state index in [0.29, 0.717) is 18.5 Å². The number of hydrazone groups is 1. The van der Waals surface area contributed by atoms with Gasteiger partial charge in [0.05, 0.1) is 12.3 Å². The van der Waals surface area contributed by atoms with E-state index >= 15 is 0 Å². The Morgan fingerprint density at radius 1 is 1.35 bits per heavy atom. The number of benzene rings is 1. The predicted molar refractivity (Wildman–Crippen MR) is 96.5 cm³/mol. The number of rotatable bonds is 4. The van der Waals surface area contributed by atoms with Gasteiger partial charge in [-0.1, -0.05) is 22.9 Å². The molecule has 0 bridgehead atoms. The second-order valence-corrected chi connectivity index (χ2v) is 6.44. The average molecular weight is 382 g/mol. The van der Waals surface area contributed by atoms with E-state index in [4.69, 9.17) is 4.74 Å². The normalized spacial score (nSPS) is 18.7. The third-order valence-corrected chi connectivity index (χ3v) is 4.49. The molecule has 5 nitrogen and oxygen atoms in total. The third kappa shape index (κ3) is 4.96. The molecule has 1 aliphatic rings. The maximum absolute atomic E-state index is 12.3. The predicted octanol–water partition coefficient (Wildman–Crippen LogP) is 4.00.